The Bertz CT molecular complexity index is 811. The maximum atomic E-state index is 5.40. The summed E-state index contributed by atoms with van der Waals surface area (Å²) in [5, 5.41) is 12.0. The molecule has 3 rings (SSSR count). The number of nitrogens with one attached hydrogen (secondary N) is 1. The van der Waals surface area contributed by atoms with E-state index < -0.39 is 0 Å². The van der Waals surface area contributed by atoms with Gasteiger partial charge < -0.3 is 9.84 Å². The lowest BCUT2D eigenvalue weighted by atomic mass is 9.93. The highest BCUT2D eigenvalue weighted by atomic mass is 16.5. The van der Waals surface area contributed by atoms with Crippen molar-refractivity contribution in [2.75, 3.05) is 0 Å². The van der Waals surface area contributed by atoms with Crippen molar-refractivity contribution in [3.05, 3.63) is 65.3 Å². The highest BCUT2D eigenvalue weighted by Gasteiger charge is 2.19. The Hall–Kier alpha value is -2.40. The molecular weight excluding hydrogens is 300 g/mol. The summed E-state index contributed by atoms with van der Waals surface area (Å²) in [5.41, 5.74) is 4.36. The molecule has 0 unspecified atom stereocenters. The molecule has 0 atom stereocenters. The van der Waals surface area contributed by atoms with Crippen LogP contribution in [0.4, 0.5) is 0 Å². The summed E-state index contributed by atoms with van der Waals surface area (Å²) < 4.78 is 7.32. The number of para-hydroxylation sites is 1. The summed E-state index contributed by atoms with van der Waals surface area (Å²) in [6.07, 6.45) is 3.95. The zero-order valence-electron chi connectivity index (χ0n) is 14.7. The first-order valence-electron chi connectivity index (χ1n) is 8.20. The predicted octanol–water partition coefficient (Wildman–Crippen LogP) is 3.76. The summed E-state index contributed by atoms with van der Waals surface area (Å²) in [6, 6.07) is 10.2. The van der Waals surface area contributed by atoms with Gasteiger partial charge in [0.05, 0.1) is 17.6 Å². The van der Waals surface area contributed by atoms with E-state index in [2.05, 4.69) is 61.6 Å². The monoisotopic (exact) mass is 324 g/mol. The summed E-state index contributed by atoms with van der Waals surface area (Å²) >= 11 is 0. The molecule has 126 valence electrons. The molecule has 5 heteroatoms. The van der Waals surface area contributed by atoms with Crippen LogP contribution >= 0.6 is 0 Å². The topological polar surface area (TPSA) is 55.9 Å². The Balaban J connectivity index is 1.58. The molecule has 5 nitrogen and oxygen atoms in total. The maximum Gasteiger partial charge on any atom is 0.142 e. The first-order valence-corrected chi connectivity index (χ1v) is 8.20. The number of benzene rings is 1. The van der Waals surface area contributed by atoms with E-state index in [4.69, 9.17) is 4.52 Å². The average Bonchev–Trinajstić information content (AvgIpc) is 3.17. The van der Waals surface area contributed by atoms with Crippen LogP contribution in [-0.4, -0.2) is 14.9 Å². The van der Waals surface area contributed by atoms with Crippen LogP contribution in [0, 0.1) is 6.92 Å². The fourth-order valence-electron chi connectivity index (χ4n) is 2.49. The van der Waals surface area contributed by atoms with Crippen LogP contribution in [0.15, 0.2) is 47.2 Å². The molecule has 2 heterocycles. The van der Waals surface area contributed by atoms with Gasteiger partial charge in [-0.2, -0.15) is 5.10 Å². The van der Waals surface area contributed by atoms with E-state index in [1.165, 1.54) is 5.56 Å². The molecule has 3 aromatic rings. The Kier molecular flexibility index (Phi) is 4.53. The third kappa shape index (κ3) is 3.74. The van der Waals surface area contributed by atoms with Crippen molar-refractivity contribution in [3.63, 3.8) is 0 Å². The predicted molar refractivity (Wildman–Crippen MR) is 94.0 cm³/mol. The molecule has 0 aliphatic heterocycles. The lowest BCUT2D eigenvalue weighted by Gasteiger charge is -2.12. The quantitative estimate of drug-likeness (QED) is 0.776. The van der Waals surface area contributed by atoms with E-state index in [9.17, 15) is 0 Å². The fraction of sp³-hybridized carbons (Fsp3) is 0.368. The second kappa shape index (κ2) is 6.61. The number of aromatic nitrogens is 3. The van der Waals surface area contributed by atoms with E-state index in [1.54, 1.807) is 0 Å². The van der Waals surface area contributed by atoms with Crippen molar-refractivity contribution < 1.29 is 4.52 Å². The number of nitrogens with zero attached hydrogens (tertiary/aromatic N) is 3. The average molecular weight is 324 g/mol. The van der Waals surface area contributed by atoms with Crippen LogP contribution in [0.5, 0.6) is 0 Å². The Labute approximate surface area is 142 Å². The van der Waals surface area contributed by atoms with Crippen LogP contribution in [0.2, 0.25) is 0 Å². The Morgan fingerprint density at radius 2 is 1.96 bits per heavy atom. The first-order chi connectivity index (χ1) is 11.4. The van der Waals surface area contributed by atoms with Gasteiger partial charge in [0, 0.05) is 36.3 Å². The summed E-state index contributed by atoms with van der Waals surface area (Å²) in [6.45, 7) is 9.85. The third-order valence-electron chi connectivity index (χ3n) is 3.93. The first kappa shape index (κ1) is 16.5. The van der Waals surface area contributed by atoms with Crippen molar-refractivity contribution in [1.82, 2.24) is 20.3 Å². The van der Waals surface area contributed by atoms with E-state index >= 15 is 0 Å². The molecule has 1 N–H and O–H groups in total. The molecule has 0 amide bonds. The molecule has 24 heavy (non-hydrogen) atoms. The number of hydrogen-bond donors (Lipinski definition) is 1. The lowest BCUT2D eigenvalue weighted by Crippen LogP contribution is -2.13. The lowest BCUT2D eigenvalue weighted by molar-refractivity contribution is 0.325. The largest absolute Gasteiger partial charge is 0.361 e. The minimum Gasteiger partial charge on any atom is -0.361 e. The maximum absolute atomic E-state index is 5.40. The van der Waals surface area contributed by atoms with Gasteiger partial charge in [-0.15, -0.1) is 0 Å². The van der Waals surface area contributed by atoms with E-state index in [0.29, 0.717) is 6.54 Å². The molecule has 0 radical (unpaired) electrons. The van der Waals surface area contributed by atoms with Gasteiger partial charge in [0.15, 0.2) is 0 Å². The van der Waals surface area contributed by atoms with Gasteiger partial charge in [-0.05, 0) is 18.6 Å². The highest BCUT2D eigenvalue weighted by Crippen LogP contribution is 2.22. The van der Waals surface area contributed by atoms with Crippen LogP contribution in [0.25, 0.3) is 5.69 Å². The number of hydrogen-bond acceptors (Lipinski definition) is 4. The van der Waals surface area contributed by atoms with Gasteiger partial charge in [0.1, 0.15) is 5.76 Å². The third-order valence-corrected chi connectivity index (χ3v) is 3.93. The van der Waals surface area contributed by atoms with Crippen LogP contribution in [-0.2, 0) is 18.5 Å². The van der Waals surface area contributed by atoms with Gasteiger partial charge in [-0.3, -0.25) is 0 Å². The van der Waals surface area contributed by atoms with Gasteiger partial charge in [0.2, 0.25) is 0 Å². The van der Waals surface area contributed by atoms with Crippen LogP contribution in [0.1, 0.15) is 43.4 Å². The van der Waals surface area contributed by atoms with E-state index in [0.717, 1.165) is 29.2 Å². The molecule has 0 bridgehead atoms. The normalized spacial score (nSPS) is 11.8. The molecule has 0 fully saturated rings. The van der Waals surface area contributed by atoms with Gasteiger partial charge in [0.25, 0.3) is 0 Å². The molecular formula is C19H24N4O. The van der Waals surface area contributed by atoms with Gasteiger partial charge >= 0.3 is 0 Å². The molecule has 0 spiro atoms. The smallest absolute Gasteiger partial charge is 0.142 e. The fourth-order valence-corrected chi connectivity index (χ4v) is 2.49. The van der Waals surface area contributed by atoms with Crippen molar-refractivity contribution in [2.45, 2.75) is 46.2 Å². The minimum atomic E-state index is -0.0140. The van der Waals surface area contributed by atoms with E-state index in [-0.39, 0.29) is 5.41 Å². The Morgan fingerprint density at radius 1 is 1.17 bits per heavy atom. The standard InChI is InChI=1S/C19H24N4O/c1-14-7-5-6-8-17(14)23-13-15(11-21-23)10-20-12-16-9-18(24-22-16)19(2,3)4/h5-9,11,13,20H,10,12H2,1-4H3. The molecule has 2 aromatic heterocycles. The second-order valence-electron chi connectivity index (χ2n) is 7.12. The van der Waals surface area contributed by atoms with Crippen molar-refractivity contribution in [1.29, 1.82) is 0 Å². The van der Waals surface area contributed by atoms with Gasteiger partial charge in [-0.1, -0.05) is 44.1 Å². The highest BCUT2D eigenvalue weighted by molar-refractivity contribution is 5.39. The molecule has 0 aliphatic carbocycles. The van der Waals surface area contributed by atoms with Crippen molar-refractivity contribution in [2.24, 2.45) is 0 Å². The second-order valence-corrected chi connectivity index (χ2v) is 7.12. The number of rotatable bonds is 5. The Morgan fingerprint density at radius 3 is 2.67 bits per heavy atom. The van der Waals surface area contributed by atoms with Crippen molar-refractivity contribution in [3.8, 4) is 5.69 Å². The zero-order valence-corrected chi connectivity index (χ0v) is 14.7. The summed E-state index contributed by atoms with van der Waals surface area (Å²) in [5.74, 6) is 0.909. The molecule has 0 saturated carbocycles. The SMILES string of the molecule is Cc1ccccc1-n1cc(CNCc2cc(C(C)(C)C)on2)cn1. The molecule has 0 saturated heterocycles. The van der Waals surface area contributed by atoms with Gasteiger partial charge in [-0.25, -0.2) is 4.68 Å². The molecule has 0 aliphatic rings. The molecule has 1 aromatic carbocycles. The number of aryl methyl sites for hydroxylation is 1. The summed E-state index contributed by atoms with van der Waals surface area (Å²) in [7, 11) is 0. The van der Waals surface area contributed by atoms with E-state index in [1.807, 2.05) is 29.1 Å². The summed E-state index contributed by atoms with van der Waals surface area (Å²) in [4.78, 5) is 0. The van der Waals surface area contributed by atoms with Crippen molar-refractivity contribution >= 4 is 0 Å². The zero-order chi connectivity index (χ0) is 17.2. The van der Waals surface area contributed by atoms with Crippen LogP contribution in [0.3, 0.4) is 0 Å². The van der Waals surface area contributed by atoms with Crippen LogP contribution < -0.4 is 5.32 Å². The minimum absolute atomic E-state index is 0.0140.